The third-order valence-corrected chi connectivity index (χ3v) is 1.84. The third-order valence-electron chi connectivity index (χ3n) is 1.84. The zero-order valence-electron chi connectivity index (χ0n) is 6.80. The molecule has 1 aliphatic heterocycles. The second kappa shape index (κ2) is 4.06. The Kier molecular flexibility index (Phi) is 3.04. The van der Waals surface area contributed by atoms with Gasteiger partial charge in [0.15, 0.2) is 0 Å². The highest BCUT2D eigenvalue weighted by Gasteiger charge is 2.21. The second-order valence-electron chi connectivity index (χ2n) is 2.88. The van der Waals surface area contributed by atoms with Gasteiger partial charge in [0, 0.05) is 25.4 Å². The summed E-state index contributed by atoms with van der Waals surface area (Å²) >= 11 is 0. The van der Waals surface area contributed by atoms with Gasteiger partial charge in [0.2, 0.25) is 11.8 Å². The number of rotatable bonds is 3. The van der Waals surface area contributed by atoms with E-state index in [2.05, 4.69) is 10.6 Å². The van der Waals surface area contributed by atoms with Crippen LogP contribution in [0.3, 0.4) is 0 Å². The lowest BCUT2D eigenvalue weighted by atomic mass is 10.1. The van der Waals surface area contributed by atoms with Crippen LogP contribution in [-0.2, 0) is 9.59 Å². The van der Waals surface area contributed by atoms with Crippen molar-refractivity contribution in [1.82, 2.24) is 10.6 Å². The van der Waals surface area contributed by atoms with Gasteiger partial charge < -0.3 is 16.4 Å². The van der Waals surface area contributed by atoms with E-state index in [9.17, 15) is 9.59 Å². The highest BCUT2D eigenvalue weighted by molar-refractivity contribution is 5.79. The third kappa shape index (κ3) is 2.50. The van der Waals surface area contributed by atoms with Gasteiger partial charge in [0.1, 0.15) is 0 Å². The van der Waals surface area contributed by atoms with E-state index < -0.39 is 0 Å². The molecule has 1 fully saturated rings. The van der Waals surface area contributed by atoms with E-state index in [0.717, 1.165) is 0 Å². The number of carbonyl (C=O) groups excluding carboxylic acids is 2. The fourth-order valence-electron chi connectivity index (χ4n) is 1.14. The molecular weight excluding hydrogens is 158 g/mol. The molecule has 0 spiro atoms. The lowest BCUT2D eigenvalue weighted by Crippen LogP contribution is -2.34. The first-order valence-corrected chi connectivity index (χ1v) is 3.96. The molecule has 0 bridgehead atoms. The number of nitrogens with two attached hydrogens (primary N) is 1. The Morgan fingerprint density at radius 3 is 3.00 bits per heavy atom. The molecule has 0 radical (unpaired) electrons. The Morgan fingerprint density at radius 1 is 1.75 bits per heavy atom. The quantitative estimate of drug-likeness (QED) is 0.468. The first kappa shape index (κ1) is 8.99. The lowest BCUT2D eigenvalue weighted by molar-refractivity contribution is -0.121. The minimum Gasteiger partial charge on any atom is -0.356 e. The maximum Gasteiger partial charge on any atom is 0.233 e. The molecule has 1 heterocycles. The molecule has 5 nitrogen and oxygen atoms in total. The van der Waals surface area contributed by atoms with Crippen LogP contribution in [0.2, 0.25) is 0 Å². The van der Waals surface area contributed by atoms with E-state index in [1.54, 1.807) is 0 Å². The Balaban J connectivity index is 2.16. The molecule has 0 aromatic carbocycles. The normalized spacial score (nSPS) is 22.1. The molecule has 0 aromatic heterocycles. The second-order valence-corrected chi connectivity index (χ2v) is 2.88. The standard InChI is InChI=1S/C7H13N3O2/c8-2-7(12)10-4-5-1-6(11)9-3-5/h5H,1-4,8H2,(H,9,11)(H,10,12). The topological polar surface area (TPSA) is 84.2 Å². The summed E-state index contributed by atoms with van der Waals surface area (Å²) < 4.78 is 0. The smallest absolute Gasteiger partial charge is 0.233 e. The van der Waals surface area contributed by atoms with Gasteiger partial charge in [-0.2, -0.15) is 0 Å². The summed E-state index contributed by atoms with van der Waals surface area (Å²) in [5, 5.41) is 5.33. The molecule has 5 heteroatoms. The molecular formula is C7H13N3O2. The molecule has 4 N–H and O–H groups in total. The van der Waals surface area contributed by atoms with Gasteiger partial charge in [-0.1, -0.05) is 0 Å². The fourth-order valence-corrected chi connectivity index (χ4v) is 1.14. The zero-order valence-corrected chi connectivity index (χ0v) is 6.80. The first-order valence-electron chi connectivity index (χ1n) is 3.96. The van der Waals surface area contributed by atoms with Crippen LogP contribution >= 0.6 is 0 Å². The van der Waals surface area contributed by atoms with Crippen molar-refractivity contribution in [3.05, 3.63) is 0 Å². The lowest BCUT2D eigenvalue weighted by Gasteiger charge is -2.07. The van der Waals surface area contributed by atoms with E-state index >= 15 is 0 Å². The number of amides is 2. The SMILES string of the molecule is NCC(=O)NCC1CNC(=O)C1. The molecule has 2 amide bonds. The molecule has 0 saturated carbocycles. The first-order chi connectivity index (χ1) is 5.72. The van der Waals surface area contributed by atoms with Crippen LogP contribution in [0.1, 0.15) is 6.42 Å². The highest BCUT2D eigenvalue weighted by atomic mass is 16.2. The molecule has 0 aliphatic carbocycles. The summed E-state index contributed by atoms with van der Waals surface area (Å²) in [5.74, 6) is 0.115. The van der Waals surface area contributed by atoms with Crippen molar-refractivity contribution in [2.45, 2.75) is 6.42 Å². The van der Waals surface area contributed by atoms with Crippen LogP contribution in [0.15, 0.2) is 0 Å². The van der Waals surface area contributed by atoms with Crippen LogP contribution < -0.4 is 16.4 Å². The van der Waals surface area contributed by atoms with Crippen LogP contribution in [0.25, 0.3) is 0 Å². The van der Waals surface area contributed by atoms with Crippen molar-refractivity contribution >= 4 is 11.8 Å². The van der Waals surface area contributed by atoms with E-state index in [1.165, 1.54) is 0 Å². The maximum atomic E-state index is 10.7. The van der Waals surface area contributed by atoms with Crippen LogP contribution in [0.4, 0.5) is 0 Å². The molecule has 1 rings (SSSR count). The minimum absolute atomic E-state index is 0.00803. The van der Waals surface area contributed by atoms with Crippen molar-refractivity contribution in [2.24, 2.45) is 11.7 Å². The molecule has 0 aromatic rings. The Bertz CT molecular complexity index is 193. The van der Waals surface area contributed by atoms with Crippen LogP contribution in [0.5, 0.6) is 0 Å². The summed E-state index contributed by atoms with van der Waals surface area (Å²) in [6.45, 7) is 1.20. The molecule has 68 valence electrons. The minimum atomic E-state index is -0.172. The summed E-state index contributed by atoms with van der Waals surface area (Å²) in [4.78, 5) is 21.4. The predicted octanol–water partition coefficient (Wildman–Crippen LogP) is -1.80. The average molecular weight is 171 g/mol. The van der Waals surface area contributed by atoms with E-state index in [0.29, 0.717) is 19.5 Å². The van der Waals surface area contributed by atoms with Gasteiger partial charge in [-0.05, 0) is 0 Å². The monoisotopic (exact) mass is 171 g/mol. The largest absolute Gasteiger partial charge is 0.356 e. The molecule has 1 atom stereocenters. The molecule has 1 aliphatic rings. The average Bonchev–Trinajstić information content (AvgIpc) is 2.47. The summed E-state index contributed by atoms with van der Waals surface area (Å²) in [6, 6.07) is 0. The van der Waals surface area contributed by atoms with Crippen molar-refractivity contribution in [3.8, 4) is 0 Å². The fraction of sp³-hybridized carbons (Fsp3) is 0.714. The number of nitrogens with one attached hydrogen (secondary N) is 2. The van der Waals surface area contributed by atoms with Crippen LogP contribution in [-0.4, -0.2) is 31.4 Å². The molecule has 12 heavy (non-hydrogen) atoms. The van der Waals surface area contributed by atoms with E-state index in [-0.39, 0.29) is 24.3 Å². The zero-order chi connectivity index (χ0) is 8.97. The predicted molar refractivity (Wildman–Crippen MR) is 43.2 cm³/mol. The number of hydrogen-bond donors (Lipinski definition) is 3. The highest BCUT2D eigenvalue weighted by Crippen LogP contribution is 2.06. The van der Waals surface area contributed by atoms with Crippen molar-refractivity contribution in [1.29, 1.82) is 0 Å². The van der Waals surface area contributed by atoms with Gasteiger partial charge in [-0.25, -0.2) is 0 Å². The van der Waals surface area contributed by atoms with Gasteiger partial charge in [-0.3, -0.25) is 9.59 Å². The van der Waals surface area contributed by atoms with Gasteiger partial charge >= 0.3 is 0 Å². The summed E-state index contributed by atoms with van der Waals surface area (Å²) in [5.41, 5.74) is 5.09. The van der Waals surface area contributed by atoms with Gasteiger partial charge in [0.05, 0.1) is 6.54 Å². The van der Waals surface area contributed by atoms with Crippen molar-refractivity contribution in [2.75, 3.05) is 19.6 Å². The maximum absolute atomic E-state index is 10.7. The Labute approximate surface area is 70.7 Å². The van der Waals surface area contributed by atoms with Crippen molar-refractivity contribution < 1.29 is 9.59 Å². The van der Waals surface area contributed by atoms with E-state index in [1.807, 2.05) is 0 Å². The Hall–Kier alpha value is -1.10. The molecule has 1 unspecified atom stereocenters. The summed E-state index contributed by atoms with van der Waals surface area (Å²) in [7, 11) is 0. The van der Waals surface area contributed by atoms with Crippen molar-refractivity contribution in [3.63, 3.8) is 0 Å². The van der Waals surface area contributed by atoms with E-state index in [4.69, 9.17) is 5.73 Å². The Morgan fingerprint density at radius 2 is 2.50 bits per heavy atom. The summed E-state index contributed by atoms with van der Waals surface area (Å²) in [6.07, 6.45) is 0.505. The molecule has 1 saturated heterocycles. The van der Waals surface area contributed by atoms with Gasteiger partial charge in [-0.15, -0.1) is 0 Å². The van der Waals surface area contributed by atoms with Gasteiger partial charge in [0.25, 0.3) is 0 Å². The number of hydrogen-bond acceptors (Lipinski definition) is 3. The van der Waals surface area contributed by atoms with Crippen LogP contribution in [0, 0.1) is 5.92 Å². The number of carbonyl (C=O) groups is 2.